The zero-order chi connectivity index (χ0) is 13.3. The molecule has 0 spiro atoms. The summed E-state index contributed by atoms with van der Waals surface area (Å²) in [6.07, 6.45) is 7.09. The van der Waals surface area contributed by atoms with Crippen molar-refractivity contribution < 1.29 is 0 Å². The number of hydrogen-bond donors (Lipinski definition) is 1. The van der Waals surface area contributed by atoms with Crippen molar-refractivity contribution in [1.29, 1.82) is 0 Å². The van der Waals surface area contributed by atoms with Crippen molar-refractivity contribution in [1.82, 2.24) is 9.78 Å². The van der Waals surface area contributed by atoms with Crippen LogP contribution in [0.3, 0.4) is 0 Å². The maximum Gasteiger partial charge on any atom is 0.0738 e. The van der Waals surface area contributed by atoms with Crippen molar-refractivity contribution in [3.63, 3.8) is 0 Å². The van der Waals surface area contributed by atoms with Crippen LogP contribution >= 0.6 is 15.9 Å². The molecule has 1 fully saturated rings. The third kappa shape index (κ3) is 2.80. The molecule has 0 amide bonds. The average Bonchev–Trinajstić information content (AvgIpc) is 2.56. The molecule has 1 aromatic heterocycles. The Kier molecular flexibility index (Phi) is 4.17. The van der Waals surface area contributed by atoms with Gasteiger partial charge in [0, 0.05) is 19.0 Å². The molecule has 2 atom stereocenters. The molecule has 18 heavy (non-hydrogen) atoms. The smallest absolute Gasteiger partial charge is 0.0738 e. The summed E-state index contributed by atoms with van der Waals surface area (Å²) < 4.78 is 3.11. The van der Waals surface area contributed by atoms with E-state index in [1.54, 1.807) is 0 Å². The molecule has 2 unspecified atom stereocenters. The highest BCUT2D eigenvalue weighted by molar-refractivity contribution is 9.10. The Balaban J connectivity index is 2.16. The van der Waals surface area contributed by atoms with Gasteiger partial charge in [-0.25, -0.2) is 0 Å². The highest BCUT2D eigenvalue weighted by Crippen LogP contribution is 2.36. The highest BCUT2D eigenvalue weighted by Gasteiger charge is 2.33. The van der Waals surface area contributed by atoms with Crippen LogP contribution in [0.1, 0.15) is 50.4 Å². The molecule has 0 radical (unpaired) electrons. The Bertz CT molecular complexity index is 427. The molecule has 1 aromatic rings. The van der Waals surface area contributed by atoms with Crippen LogP contribution in [0.2, 0.25) is 0 Å². The van der Waals surface area contributed by atoms with Gasteiger partial charge in [-0.2, -0.15) is 5.10 Å². The van der Waals surface area contributed by atoms with Gasteiger partial charge in [-0.05, 0) is 41.6 Å². The molecule has 0 aromatic carbocycles. The van der Waals surface area contributed by atoms with Crippen LogP contribution in [0.15, 0.2) is 4.47 Å². The topological polar surface area (TPSA) is 43.8 Å². The minimum absolute atomic E-state index is 0.0400. The minimum Gasteiger partial charge on any atom is -0.325 e. The van der Waals surface area contributed by atoms with Gasteiger partial charge < -0.3 is 5.73 Å². The second-order valence-corrected chi connectivity index (χ2v) is 6.67. The van der Waals surface area contributed by atoms with E-state index in [-0.39, 0.29) is 5.54 Å². The highest BCUT2D eigenvalue weighted by atomic mass is 79.9. The lowest BCUT2D eigenvalue weighted by Crippen LogP contribution is -2.46. The van der Waals surface area contributed by atoms with E-state index >= 15 is 0 Å². The largest absolute Gasteiger partial charge is 0.325 e. The summed E-state index contributed by atoms with van der Waals surface area (Å²) in [6.45, 7) is 4.31. The van der Waals surface area contributed by atoms with Gasteiger partial charge in [0.2, 0.25) is 0 Å². The molecule has 1 saturated carbocycles. The van der Waals surface area contributed by atoms with Gasteiger partial charge in [-0.3, -0.25) is 4.68 Å². The Morgan fingerprint density at radius 3 is 2.83 bits per heavy atom. The molecule has 4 heteroatoms. The molecular weight excluding hydrogens is 290 g/mol. The van der Waals surface area contributed by atoms with Crippen LogP contribution < -0.4 is 5.73 Å². The maximum atomic E-state index is 6.64. The molecule has 0 aliphatic heterocycles. The molecule has 0 saturated heterocycles. The van der Waals surface area contributed by atoms with Gasteiger partial charge in [0.25, 0.3) is 0 Å². The van der Waals surface area contributed by atoms with E-state index in [0.29, 0.717) is 0 Å². The predicted molar refractivity (Wildman–Crippen MR) is 78.5 cm³/mol. The molecule has 3 nitrogen and oxygen atoms in total. The zero-order valence-corrected chi connectivity index (χ0v) is 13.3. The van der Waals surface area contributed by atoms with E-state index in [9.17, 15) is 0 Å². The van der Waals surface area contributed by atoms with E-state index in [2.05, 4.69) is 28.0 Å². The van der Waals surface area contributed by atoms with E-state index in [1.807, 2.05) is 18.7 Å². The quantitative estimate of drug-likeness (QED) is 0.930. The van der Waals surface area contributed by atoms with Crippen molar-refractivity contribution in [2.24, 2.45) is 18.7 Å². The monoisotopic (exact) mass is 313 g/mol. The van der Waals surface area contributed by atoms with Crippen LogP contribution in [-0.2, 0) is 13.5 Å². The van der Waals surface area contributed by atoms with Crippen molar-refractivity contribution in [2.45, 2.75) is 57.9 Å². The number of nitrogens with zero attached hydrogens (tertiary/aromatic N) is 2. The molecule has 1 aliphatic carbocycles. The van der Waals surface area contributed by atoms with E-state index < -0.39 is 0 Å². The van der Waals surface area contributed by atoms with Crippen LogP contribution in [0, 0.1) is 12.8 Å². The first-order valence-corrected chi connectivity index (χ1v) is 7.71. The molecule has 102 valence electrons. The SMILES string of the molecule is CCC1CCCC(N)(Cc2c(Br)c(C)nn2C)C1. The lowest BCUT2D eigenvalue weighted by Gasteiger charge is -2.38. The fourth-order valence-corrected chi connectivity index (χ4v) is 3.71. The number of halogens is 1. The molecule has 1 heterocycles. The van der Waals surface area contributed by atoms with E-state index in [1.165, 1.54) is 25.0 Å². The third-order valence-corrected chi connectivity index (χ3v) is 5.37. The average molecular weight is 314 g/mol. The van der Waals surface area contributed by atoms with Gasteiger partial charge in [0.1, 0.15) is 0 Å². The maximum absolute atomic E-state index is 6.64. The minimum atomic E-state index is -0.0400. The van der Waals surface area contributed by atoms with E-state index in [0.717, 1.165) is 35.3 Å². The summed E-state index contributed by atoms with van der Waals surface area (Å²) in [5, 5.41) is 4.46. The first-order valence-electron chi connectivity index (χ1n) is 6.92. The molecule has 2 N–H and O–H groups in total. The van der Waals surface area contributed by atoms with Gasteiger partial charge in [-0.15, -0.1) is 0 Å². The summed E-state index contributed by atoms with van der Waals surface area (Å²) >= 11 is 3.65. The Hall–Kier alpha value is -0.350. The summed E-state index contributed by atoms with van der Waals surface area (Å²) in [6, 6.07) is 0. The van der Waals surface area contributed by atoms with E-state index in [4.69, 9.17) is 5.73 Å². The number of aryl methyl sites for hydroxylation is 2. The zero-order valence-electron chi connectivity index (χ0n) is 11.7. The lowest BCUT2D eigenvalue weighted by atomic mass is 9.73. The molecular formula is C14H24BrN3. The van der Waals surface area contributed by atoms with Crippen molar-refractivity contribution in [3.8, 4) is 0 Å². The van der Waals surface area contributed by atoms with Crippen molar-refractivity contribution >= 4 is 15.9 Å². The van der Waals surface area contributed by atoms with Gasteiger partial charge in [0.15, 0.2) is 0 Å². The molecule has 2 rings (SSSR count). The Morgan fingerprint density at radius 2 is 2.28 bits per heavy atom. The summed E-state index contributed by atoms with van der Waals surface area (Å²) in [5.74, 6) is 0.803. The van der Waals surface area contributed by atoms with Gasteiger partial charge >= 0.3 is 0 Å². The summed E-state index contributed by atoms with van der Waals surface area (Å²) in [5.41, 5.74) is 8.90. The fourth-order valence-electron chi connectivity index (χ4n) is 3.24. The van der Waals surface area contributed by atoms with Crippen LogP contribution in [0.4, 0.5) is 0 Å². The van der Waals surface area contributed by atoms with Gasteiger partial charge in [0.05, 0.1) is 15.9 Å². The fraction of sp³-hybridized carbons (Fsp3) is 0.786. The first-order chi connectivity index (χ1) is 8.45. The first kappa shape index (κ1) is 14.1. The summed E-state index contributed by atoms with van der Waals surface area (Å²) in [7, 11) is 2.01. The van der Waals surface area contributed by atoms with Crippen molar-refractivity contribution in [2.75, 3.05) is 0 Å². The van der Waals surface area contributed by atoms with Crippen LogP contribution in [-0.4, -0.2) is 15.3 Å². The second kappa shape index (κ2) is 5.33. The summed E-state index contributed by atoms with van der Waals surface area (Å²) in [4.78, 5) is 0. The Labute approximate surface area is 118 Å². The lowest BCUT2D eigenvalue weighted by molar-refractivity contribution is 0.215. The molecule has 0 bridgehead atoms. The standard InChI is InChI=1S/C14H24BrN3/c1-4-11-6-5-7-14(16,8-11)9-12-13(15)10(2)17-18(12)3/h11H,4-9,16H2,1-3H3. The number of hydrogen-bond acceptors (Lipinski definition) is 2. The second-order valence-electron chi connectivity index (χ2n) is 5.88. The molecule has 1 aliphatic rings. The van der Waals surface area contributed by atoms with Crippen LogP contribution in [0.5, 0.6) is 0 Å². The van der Waals surface area contributed by atoms with Crippen LogP contribution in [0.25, 0.3) is 0 Å². The Morgan fingerprint density at radius 1 is 1.56 bits per heavy atom. The normalized spacial score (nSPS) is 28.6. The predicted octanol–water partition coefficient (Wildman–Crippen LogP) is 3.33. The number of nitrogens with two attached hydrogens (primary N) is 1. The number of rotatable bonds is 3. The third-order valence-electron chi connectivity index (χ3n) is 4.34. The number of aromatic nitrogens is 2. The van der Waals surface area contributed by atoms with Crippen molar-refractivity contribution in [3.05, 3.63) is 15.9 Å². The van der Waals surface area contributed by atoms with Gasteiger partial charge in [-0.1, -0.05) is 26.2 Å².